The van der Waals surface area contributed by atoms with Gasteiger partial charge < -0.3 is 10.2 Å². The van der Waals surface area contributed by atoms with Crippen LogP contribution in [-0.4, -0.2) is 20.2 Å². The summed E-state index contributed by atoms with van der Waals surface area (Å²) in [6.45, 7) is 0. The van der Waals surface area contributed by atoms with Crippen LogP contribution in [0.25, 0.3) is 11.5 Å². The summed E-state index contributed by atoms with van der Waals surface area (Å²) in [4.78, 5) is 8.37. The van der Waals surface area contributed by atoms with Crippen molar-refractivity contribution in [3.8, 4) is 11.5 Å². The van der Waals surface area contributed by atoms with Crippen LogP contribution in [-0.2, 0) is 0 Å². The summed E-state index contributed by atoms with van der Waals surface area (Å²) in [6, 6.07) is 9.88. The fraction of sp³-hybridized carbons (Fsp3) is 0.294. The highest BCUT2D eigenvalue weighted by atomic mass is 19.3. The zero-order valence-corrected chi connectivity index (χ0v) is 13.1. The molecule has 1 saturated carbocycles. The van der Waals surface area contributed by atoms with Gasteiger partial charge in [0, 0.05) is 12.1 Å². The molecule has 1 unspecified atom stereocenters. The maximum atomic E-state index is 12.8. The number of nitrogens with zero attached hydrogens (tertiary/aromatic N) is 4. The Bertz CT molecular complexity index is 880. The van der Waals surface area contributed by atoms with Gasteiger partial charge in [0.15, 0.2) is 0 Å². The summed E-state index contributed by atoms with van der Waals surface area (Å²) in [6.07, 6.45) is 0.760. The number of anilines is 1. The first-order chi connectivity index (χ1) is 12.1. The standard InChI is InChI=1S/C17H15F2N5O/c18-14(19)16-24-23-15(25-16)11-8-21-17(20)22-13(11)12(10-6-7-10)9-4-2-1-3-5-9/h1-5,8,10,12,14H,6-7H2,(H2,20,21,22). The number of nitrogens with two attached hydrogens (primary N) is 1. The number of halogens is 2. The van der Waals surface area contributed by atoms with E-state index in [2.05, 4.69) is 20.2 Å². The summed E-state index contributed by atoms with van der Waals surface area (Å²) < 4.78 is 30.7. The van der Waals surface area contributed by atoms with Gasteiger partial charge in [0.1, 0.15) is 0 Å². The monoisotopic (exact) mass is 343 g/mol. The van der Waals surface area contributed by atoms with Crippen LogP contribution in [0.1, 0.15) is 42.3 Å². The number of aromatic nitrogens is 4. The molecule has 0 aliphatic heterocycles. The van der Waals surface area contributed by atoms with Crippen molar-refractivity contribution < 1.29 is 13.2 Å². The van der Waals surface area contributed by atoms with Crippen molar-refractivity contribution in [1.82, 2.24) is 20.2 Å². The molecule has 1 aliphatic rings. The molecule has 0 saturated heterocycles. The van der Waals surface area contributed by atoms with Crippen molar-refractivity contribution in [3.05, 3.63) is 53.7 Å². The van der Waals surface area contributed by atoms with E-state index in [0.717, 1.165) is 18.4 Å². The third kappa shape index (κ3) is 3.07. The number of hydrogen-bond donors (Lipinski definition) is 1. The lowest BCUT2D eigenvalue weighted by Crippen LogP contribution is -2.10. The fourth-order valence-corrected chi connectivity index (χ4v) is 2.99. The van der Waals surface area contributed by atoms with E-state index in [-0.39, 0.29) is 17.8 Å². The lowest BCUT2D eigenvalue weighted by molar-refractivity contribution is 0.116. The van der Waals surface area contributed by atoms with Gasteiger partial charge in [-0.3, -0.25) is 0 Å². The van der Waals surface area contributed by atoms with Crippen LogP contribution in [0.5, 0.6) is 0 Å². The molecule has 1 aromatic carbocycles. The van der Waals surface area contributed by atoms with Crippen LogP contribution in [0.3, 0.4) is 0 Å². The molecule has 6 nitrogen and oxygen atoms in total. The fourth-order valence-electron chi connectivity index (χ4n) is 2.99. The van der Waals surface area contributed by atoms with Gasteiger partial charge in [-0.15, -0.1) is 10.2 Å². The number of alkyl halides is 2. The number of hydrogen-bond acceptors (Lipinski definition) is 6. The molecule has 0 spiro atoms. The number of rotatable bonds is 5. The van der Waals surface area contributed by atoms with Crippen LogP contribution < -0.4 is 5.73 Å². The molecule has 25 heavy (non-hydrogen) atoms. The second-order valence-corrected chi connectivity index (χ2v) is 6.00. The molecule has 4 rings (SSSR count). The molecule has 0 amide bonds. The highest BCUT2D eigenvalue weighted by Gasteiger charge is 2.37. The van der Waals surface area contributed by atoms with E-state index in [0.29, 0.717) is 17.2 Å². The minimum atomic E-state index is -2.83. The molecule has 2 heterocycles. The first kappa shape index (κ1) is 15.6. The first-order valence-electron chi connectivity index (χ1n) is 7.92. The maximum Gasteiger partial charge on any atom is 0.314 e. The van der Waals surface area contributed by atoms with Crippen molar-refractivity contribution in [3.63, 3.8) is 0 Å². The molecule has 0 radical (unpaired) electrons. The molecule has 1 aliphatic carbocycles. The van der Waals surface area contributed by atoms with Gasteiger partial charge in [-0.25, -0.2) is 9.97 Å². The normalized spacial score (nSPS) is 15.5. The summed E-state index contributed by atoms with van der Waals surface area (Å²) in [5, 5.41) is 7.13. The zero-order chi connectivity index (χ0) is 17.4. The molecular formula is C17H15F2N5O. The molecule has 1 fully saturated rings. The summed E-state index contributed by atoms with van der Waals surface area (Å²) in [7, 11) is 0. The van der Waals surface area contributed by atoms with Crippen molar-refractivity contribution in [1.29, 1.82) is 0 Å². The van der Waals surface area contributed by atoms with Crippen molar-refractivity contribution in [2.24, 2.45) is 5.92 Å². The molecule has 8 heteroatoms. The van der Waals surface area contributed by atoms with Gasteiger partial charge in [0.25, 0.3) is 11.8 Å². The second-order valence-electron chi connectivity index (χ2n) is 6.00. The van der Waals surface area contributed by atoms with Gasteiger partial charge >= 0.3 is 6.43 Å². The lowest BCUT2D eigenvalue weighted by Gasteiger charge is -2.18. The predicted molar refractivity (Wildman–Crippen MR) is 85.7 cm³/mol. The maximum absolute atomic E-state index is 12.8. The Morgan fingerprint density at radius 3 is 2.52 bits per heavy atom. The summed E-state index contributed by atoms with van der Waals surface area (Å²) in [5.41, 5.74) is 7.94. The smallest absolute Gasteiger partial charge is 0.314 e. The van der Waals surface area contributed by atoms with E-state index < -0.39 is 12.3 Å². The Kier molecular flexibility index (Phi) is 3.87. The van der Waals surface area contributed by atoms with E-state index in [1.165, 1.54) is 6.20 Å². The molecule has 0 bridgehead atoms. The van der Waals surface area contributed by atoms with Gasteiger partial charge in [-0.05, 0) is 24.3 Å². The van der Waals surface area contributed by atoms with E-state index >= 15 is 0 Å². The van der Waals surface area contributed by atoms with Gasteiger partial charge in [-0.1, -0.05) is 30.3 Å². The molecule has 1 atom stereocenters. The Balaban J connectivity index is 1.83. The number of benzene rings is 1. The Hall–Kier alpha value is -2.90. The lowest BCUT2D eigenvalue weighted by atomic mass is 9.88. The molecular weight excluding hydrogens is 328 g/mol. The topological polar surface area (TPSA) is 90.7 Å². The van der Waals surface area contributed by atoms with Crippen LogP contribution in [0.4, 0.5) is 14.7 Å². The number of nitrogen functional groups attached to an aromatic ring is 1. The highest BCUT2D eigenvalue weighted by Crippen LogP contribution is 2.47. The average Bonchev–Trinajstić information content (AvgIpc) is 3.31. The van der Waals surface area contributed by atoms with Gasteiger partial charge in [0.2, 0.25) is 5.95 Å². The Labute approximate surface area is 142 Å². The van der Waals surface area contributed by atoms with E-state index in [9.17, 15) is 8.78 Å². The predicted octanol–water partition coefficient (Wildman–Crippen LogP) is 3.59. The van der Waals surface area contributed by atoms with Crippen LogP contribution >= 0.6 is 0 Å². The second kappa shape index (κ2) is 6.19. The summed E-state index contributed by atoms with van der Waals surface area (Å²) >= 11 is 0. The Morgan fingerprint density at radius 1 is 1.12 bits per heavy atom. The van der Waals surface area contributed by atoms with Gasteiger partial charge in [0.05, 0.1) is 11.3 Å². The highest BCUT2D eigenvalue weighted by molar-refractivity contribution is 5.59. The van der Waals surface area contributed by atoms with Gasteiger partial charge in [-0.2, -0.15) is 8.78 Å². The first-order valence-corrected chi connectivity index (χ1v) is 7.92. The minimum absolute atomic E-state index is 0.0214. The van der Waals surface area contributed by atoms with Crippen molar-refractivity contribution >= 4 is 5.95 Å². The SMILES string of the molecule is Nc1ncc(-c2nnc(C(F)F)o2)c(C(c2ccccc2)C2CC2)n1. The van der Waals surface area contributed by atoms with E-state index in [4.69, 9.17) is 10.2 Å². The van der Waals surface area contributed by atoms with E-state index in [1.54, 1.807) is 0 Å². The summed E-state index contributed by atoms with van der Waals surface area (Å²) in [5.74, 6) is -0.238. The van der Waals surface area contributed by atoms with E-state index in [1.807, 2.05) is 30.3 Å². The molecule has 2 N–H and O–H groups in total. The largest absolute Gasteiger partial charge is 0.415 e. The molecule has 3 aromatic rings. The van der Waals surface area contributed by atoms with Crippen molar-refractivity contribution in [2.75, 3.05) is 5.73 Å². The third-order valence-electron chi connectivity index (χ3n) is 4.24. The Morgan fingerprint density at radius 2 is 1.88 bits per heavy atom. The third-order valence-corrected chi connectivity index (χ3v) is 4.24. The van der Waals surface area contributed by atoms with Crippen LogP contribution in [0.2, 0.25) is 0 Å². The quantitative estimate of drug-likeness (QED) is 0.761. The molecule has 2 aromatic heterocycles. The van der Waals surface area contributed by atoms with Crippen molar-refractivity contribution in [2.45, 2.75) is 25.2 Å². The molecule has 128 valence electrons. The minimum Gasteiger partial charge on any atom is -0.415 e. The zero-order valence-electron chi connectivity index (χ0n) is 13.1. The van der Waals surface area contributed by atoms with Crippen LogP contribution in [0, 0.1) is 5.92 Å². The van der Waals surface area contributed by atoms with Crippen LogP contribution in [0.15, 0.2) is 40.9 Å². The average molecular weight is 343 g/mol.